The lowest BCUT2D eigenvalue weighted by atomic mass is 9.97. The molecule has 0 aliphatic heterocycles. The fraction of sp³-hybridized carbons (Fsp3) is 0. The smallest absolute Gasteiger partial charge is 0.289 e. The quantitative estimate of drug-likeness (QED) is 0.671. The molecule has 0 bridgehead atoms. The lowest BCUT2D eigenvalue weighted by Crippen LogP contribution is -2.20. The molecule has 1 aromatic carbocycles. The van der Waals surface area contributed by atoms with Gasteiger partial charge in [0.1, 0.15) is 23.3 Å². The number of aromatic amines is 2. The summed E-state index contributed by atoms with van der Waals surface area (Å²) < 4.78 is 1.30. The Kier molecular flexibility index (Phi) is 2.90. The highest BCUT2D eigenvalue weighted by atomic mass is 32.1. The molecule has 100 valence electrons. The molecule has 6 nitrogen and oxygen atoms in total. The van der Waals surface area contributed by atoms with Crippen LogP contribution in [0, 0.1) is 27.4 Å². The van der Waals surface area contributed by atoms with Crippen LogP contribution >= 0.6 is 12.2 Å². The highest BCUT2D eigenvalue weighted by Gasteiger charge is 2.20. The first-order valence-corrected chi connectivity index (χ1v) is 6.35. The van der Waals surface area contributed by atoms with E-state index in [1.807, 2.05) is 18.2 Å². The van der Waals surface area contributed by atoms with Gasteiger partial charge in [0, 0.05) is 5.56 Å². The van der Waals surface area contributed by atoms with Gasteiger partial charge in [-0.05, 0) is 17.8 Å². The van der Waals surface area contributed by atoms with Crippen LogP contribution in [0.25, 0.3) is 16.8 Å². The van der Waals surface area contributed by atoms with Gasteiger partial charge in [-0.1, -0.05) is 30.3 Å². The Labute approximate surface area is 123 Å². The first-order valence-electron chi connectivity index (χ1n) is 5.94. The van der Waals surface area contributed by atoms with E-state index in [1.54, 1.807) is 24.3 Å². The van der Waals surface area contributed by atoms with E-state index in [9.17, 15) is 15.3 Å². The minimum absolute atomic E-state index is 0.0968. The molecule has 7 heteroatoms. The molecular formula is C14H7N5OS. The Bertz CT molecular complexity index is 1040. The molecular weight excluding hydrogens is 286 g/mol. The summed E-state index contributed by atoms with van der Waals surface area (Å²) in [5.74, 6) is 0. The summed E-state index contributed by atoms with van der Waals surface area (Å²) in [4.78, 5) is 15.1. The van der Waals surface area contributed by atoms with Crippen LogP contribution in [0.3, 0.4) is 0 Å². The van der Waals surface area contributed by atoms with E-state index < -0.39 is 5.56 Å². The van der Waals surface area contributed by atoms with Crippen LogP contribution in [0.15, 0.2) is 35.1 Å². The Hall–Kier alpha value is -3.16. The Morgan fingerprint density at radius 2 is 1.76 bits per heavy atom. The van der Waals surface area contributed by atoms with Crippen molar-refractivity contribution in [3.05, 3.63) is 56.6 Å². The topological polar surface area (TPSA) is 101 Å². The maximum absolute atomic E-state index is 12.4. The van der Waals surface area contributed by atoms with Gasteiger partial charge in [0.2, 0.25) is 0 Å². The van der Waals surface area contributed by atoms with Gasteiger partial charge in [-0.3, -0.25) is 9.89 Å². The van der Waals surface area contributed by atoms with Gasteiger partial charge >= 0.3 is 0 Å². The molecule has 21 heavy (non-hydrogen) atoms. The second-order valence-corrected chi connectivity index (χ2v) is 4.68. The van der Waals surface area contributed by atoms with Gasteiger partial charge in [0.25, 0.3) is 5.56 Å². The van der Waals surface area contributed by atoms with Crippen molar-refractivity contribution in [3.63, 3.8) is 0 Å². The number of nitrogens with one attached hydrogen (secondary N) is 2. The zero-order valence-electron chi connectivity index (χ0n) is 10.5. The maximum Gasteiger partial charge on any atom is 0.289 e. The summed E-state index contributed by atoms with van der Waals surface area (Å²) in [5, 5.41) is 21.4. The number of nitrogens with zero attached hydrogens (tertiary/aromatic N) is 3. The van der Waals surface area contributed by atoms with Gasteiger partial charge in [-0.25, -0.2) is 0 Å². The highest BCUT2D eigenvalue weighted by molar-refractivity contribution is 7.71. The minimum Gasteiger partial charge on any atom is -0.315 e. The highest BCUT2D eigenvalue weighted by Crippen LogP contribution is 2.27. The van der Waals surface area contributed by atoms with E-state index in [-0.39, 0.29) is 21.5 Å². The number of nitriles is 2. The SMILES string of the molecule is N#Cc1c(-c2ccccc2)c(C#N)c2[nH]c(=S)[nH]n2c1=O. The summed E-state index contributed by atoms with van der Waals surface area (Å²) in [6.07, 6.45) is 0. The number of aromatic nitrogens is 3. The molecule has 2 aromatic heterocycles. The predicted octanol–water partition coefficient (Wildman–Crippen LogP) is 2.10. The van der Waals surface area contributed by atoms with Crippen molar-refractivity contribution in [2.24, 2.45) is 0 Å². The fourth-order valence-electron chi connectivity index (χ4n) is 2.24. The maximum atomic E-state index is 12.4. The van der Waals surface area contributed by atoms with E-state index in [0.717, 1.165) is 4.52 Å². The second-order valence-electron chi connectivity index (χ2n) is 4.27. The second kappa shape index (κ2) is 4.75. The predicted molar refractivity (Wildman–Crippen MR) is 78.1 cm³/mol. The molecule has 0 aliphatic carbocycles. The lowest BCUT2D eigenvalue weighted by Gasteiger charge is -2.07. The van der Waals surface area contributed by atoms with Crippen molar-refractivity contribution in [2.45, 2.75) is 0 Å². The average Bonchev–Trinajstić information content (AvgIpc) is 2.90. The van der Waals surface area contributed by atoms with Crippen molar-refractivity contribution in [3.8, 4) is 23.3 Å². The van der Waals surface area contributed by atoms with Gasteiger partial charge in [0.05, 0.1) is 0 Å². The first-order chi connectivity index (χ1) is 10.2. The standard InChI is InChI=1S/C14H7N5OS/c15-6-9-11(8-4-2-1-3-5-8)10(7-16)13(20)19-12(9)17-14(21)18-19/h1-5H,(H2,17,18,21). The van der Waals surface area contributed by atoms with Crippen molar-refractivity contribution in [2.75, 3.05) is 0 Å². The largest absolute Gasteiger partial charge is 0.315 e. The van der Waals surface area contributed by atoms with E-state index >= 15 is 0 Å². The molecule has 0 radical (unpaired) electrons. The van der Waals surface area contributed by atoms with Crippen LogP contribution < -0.4 is 5.56 Å². The first kappa shape index (κ1) is 12.9. The summed E-state index contributed by atoms with van der Waals surface area (Å²) in [7, 11) is 0. The van der Waals surface area contributed by atoms with Gasteiger partial charge in [-0.2, -0.15) is 15.0 Å². The molecule has 0 fully saturated rings. The van der Waals surface area contributed by atoms with Crippen molar-refractivity contribution in [1.29, 1.82) is 10.5 Å². The molecule has 0 saturated carbocycles. The summed E-state index contributed by atoms with van der Waals surface area (Å²) >= 11 is 4.96. The Morgan fingerprint density at radius 3 is 2.38 bits per heavy atom. The third kappa shape index (κ3) is 1.84. The zero-order chi connectivity index (χ0) is 15.0. The van der Waals surface area contributed by atoms with Crippen LogP contribution in [-0.2, 0) is 0 Å². The van der Waals surface area contributed by atoms with E-state index in [0.29, 0.717) is 11.1 Å². The van der Waals surface area contributed by atoms with E-state index in [2.05, 4.69) is 10.1 Å². The van der Waals surface area contributed by atoms with Gasteiger partial charge in [-0.15, -0.1) is 0 Å². The van der Waals surface area contributed by atoms with Crippen LogP contribution in [0.4, 0.5) is 0 Å². The van der Waals surface area contributed by atoms with Crippen LogP contribution in [0.2, 0.25) is 0 Å². The molecule has 2 heterocycles. The summed E-state index contributed by atoms with van der Waals surface area (Å²) in [5.41, 5.74) is 0.759. The number of benzene rings is 1. The molecule has 0 saturated heterocycles. The van der Waals surface area contributed by atoms with E-state index in [1.165, 1.54) is 0 Å². The van der Waals surface area contributed by atoms with Crippen molar-refractivity contribution < 1.29 is 0 Å². The molecule has 3 aromatic rings. The number of hydrogen-bond acceptors (Lipinski definition) is 4. The number of hydrogen-bond donors (Lipinski definition) is 2. The normalized spacial score (nSPS) is 10.2. The number of fused-ring (bicyclic) bond motifs is 1. The third-order valence-electron chi connectivity index (χ3n) is 3.11. The Morgan fingerprint density at radius 1 is 1.10 bits per heavy atom. The number of H-pyrrole nitrogens is 2. The van der Waals surface area contributed by atoms with Crippen LogP contribution in [0.5, 0.6) is 0 Å². The molecule has 2 N–H and O–H groups in total. The monoisotopic (exact) mass is 293 g/mol. The molecule has 0 unspecified atom stereocenters. The average molecular weight is 293 g/mol. The van der Waals surface area contributed by atoms with Crippen molar-refractivity contribution in [1.82, 2.24) is 14.6 Å². The molecule has 0 amide bonds. The summed E-state index contributed by atoms with van der Waals surface area (Å²) in [6.45, 7) is 0. The van der Waals surface area contributed by atoms with Gasteiger partial charge in [0.15, 0.2) is 10.4 Å². The fourth-order valence-corrected chi connectivity index (χ4v) is 2.43. The minimum atomic E-state index is -0.544. The number of pyridine rings is 1. The van der Waals surface area contributed by atoms with Crippen LogP contribution in [0.1, 0.15) is 11.1 Å². The Balaban J connectivity index is 2.61. The zero-order valence-corrected chi connectivity index (χ0v) is 11.4. The molecule has 0 spiro atoms. The third-order valence-corrected chi connectivity index (χ3v) is 3.30. The lowest BCUT2D eigenvalue weighted by molar-refractivity contribution is 0.907. The van der Waals surface area contributed by atoms with Crippen LogP contribution in [-0.4, -0.2) is 14.6 Å². The molecule has 0 aliphatic rings. The molecule has 3 rings (SSSR count). The van der Waals surface area contributed by atoms with Gasteiger partial charge < -0.3 is 4.98 Å². The van der Waals surface area contributed by atoms with E-state index in [4.69, 9.17) is 12.2 Å². The summed E-state index contributed by atoms with van der Waals surface area (Å²) in [6, 6.07) is 12.8. The molecule has 0 atom stereocenters. The number of rotatable bonds is 1. The van der Waals surface area contributed by atoms with Crippen molar-refractivity contribution >= 4 is 17.9 Å².